The Balaban J connectivity index is 1.77. The summed E-state index contributed by atoms with van der Waals surface area (Å²) in [5, 5.41) is 3.48. The van der Waals surface area contributed by atoms with Crippen molar-refractivity contribution in [1.82, 2.24) is 19.8 Å². The second-order valence-electron chi connectivity index (χ2n) is 6.66. The van der Waals surface area contributed by atoms with Crippen LogP contribution < -0.4 is 11.1 Å². The molecule has 0 saturated heterocycles. The van der Waals surface area contributed by atoms with E-state index in [1.54, 1.807) is 0 Å². The summed E-state index contributed by atoms with van der Waals surface area (Å²) in [6.45, 7) is 7.47. The lowest BCUT2D eigenvalue weighted by molar-refractivity contribution is -0.126. The summed E-state index contributed by atoms with van der Waals surface area (Å²) in [5.41, 5.74) is 5.21. The van der Waals surface area contributed by atoms with Crippen molar-refractivity contribution in [2.24, 2.45) is 11.7 Å². The van der Waals surface area contributed by atoms with E-state index in [1.165, 1.54) is 0 Å². The molecule has 1 fully saturated rings. The highest BCUT2D eigenvalue weighted by Crippen LogP contribution is 2.40. The molecule has 1 aromatic rings. The van der Waals surface area contributed by atoms with Crippen LogP contribution in [0.15, 0.2) is 12.4 Å². The molecule has 1 atom stereocenters. The van der Waals surface area contributed by atoms with E-state index in [1.807, 2.05) is 12.4 Å². The smallest absolute Gasteiger partial charge is 0.239 e. The van der Waals surface area contributed by atoms with Crippen LogP contribution in [0.2, 0.25) is 0 Å². The van der Waals surface area contributed by atoms with Crippen molar-refractivity contribution in [3.05, 3.63) is 18.2 Å². The van der Waals surface area contributed by atoms with E-state index in [0.717, 1.165) is 38.3 Å². The van der Waals surface area contributed by atoms with Crippen molar-refractivity contribution >= 4 is 5.91 Å². The number of nitrogens with two attached hydrogens (primary N) is 1. The average Bonchev–Trinajstić information content (AvgIpc) is 3.16. The fraction of sp³-hybridized carbons (Fsp3) is 0.733. The van der Waals surface area contributed by atoms with Gasteiger partial charge in [0, 0.05) is 38.1 Å². The first-order chi connectivity index (χ1) is 10.0. The molecule has 3 N–H and O–H groups in total. The maximum atomic E-state index is 12.2. The highest BCUT2D eigenvalue weighted by atomic mass is 16.1. The van der Waals surface area contributed by atoms with Crippen molar-refractivity contribution in [3.8, 4) is 0 Å². The molecule has 1 amide bonds. The lowest BCUT2D eigenvalue weighted by Gasteiger charge is -2.39. The van der Waals surface area contributed by atoms with E-state index in [4.69, 9.17) is 5.73 Å². The number of hydrogen-bond donors (Lipinski definition) is 2. The predicted molar refractivity (Wildman–Crippen MR) is 80.4 cm³/mol. The normalized spacial score (nSPS) is 22.0. The molecular weight excluding hydrogens is 266 g/mol. The van der Waals surface area contributed by atoms with E-state index in [2.05, 4.69) is 33.6 Å². The lowest BCUT2D eigenvalue weighted by Crippen LogP contribution is -2.65. The first-order valence-electron chi connectivity index (χ1n) is 7.81. The number of rotatable bonds is 6. The second kappa shape index (κ2) is 5.42. The number of nitrogens with one attached hydrogen (secondary N) is 1. The lowest BCUT2D eigenvalue weighted by atomic mass is 9.90. The van der Waals surface area contributed by atoms with Crippen LogP contribution in [0.1, 0.15) is 32.5 Å². The molecule has 0 radical (unpaired) electrons. The maximum absolute atomic E-state index is 12.2. The number of hydrogen-bond acceptors (Lipinski definition) is 4. The Morgan fingerprint density at radius 2 is 2.29 bits per heavy atom. The van der Waals surface area contributed by atoms with E-state index in [0.29, 0.717) is 12.5 Å². The van der Waals surface area contributed by atoms with Crippen LogP contribution >= 0.6 is 0 Å². The molecule has 0 bridgehead atoms. The van der Waals surface area contributed by atoms with Gasteiger partial charge in [0.15, 0.2) is 0 Å². The Morgan fingerprint density at radius 1 is 1.52 bits per heavy atom. The molecule has 1 saturated carbocycles. The minimum absolute atomic E-state index is 0.215. The highest BCUT2D eigenvalue weighted by molar-refractivity contribution is 5.86. The molecule has 116 valence electrons. The molecule has 1 unspecified atom stereocenters. The summed E-state index contributed by atoms with van der Waals surface area (Å²) < 4.78 is 2.18. The van der Waals surface area contributed by atoms with Crippen LogP contribution in [0.4, 0.5) is 0 Å². The van der Waals surface area contributed by atoms with Crippen LogP contribution in [0.3, 0.4) is 0 Å². The zero-order valence-electron chi connectivity index (χ0n) is 12.9. The molecule has 2 aliphatic rings. The topological polar surface area (TPSA) is 76.2 Å². The van der Waals surface area contributed by atoms with Gasteiger partial charge in [-0.25, -0.2) is 4.98 Å². The maximum Gasteiger partial charge on any atom is 0.239 e. The van der Waals surface area contributed by atoms with Gasteiger partial charge in [-0.3, -0.25) is 15.0 Å². The molecular formula is C15H25N5O. The summed E-state index contributed by atoms with van der Waals surface area (Å²) >= 11 is 0. The Morgan fingerprint density at radius 3 is 2.90 bits per heavy atom. The van der Waals surface area contributed by atoms with E-state index in [9.17, 15) is 4.79 Å². The van der Waals surface area contributed by atoms with Crippen molar-refractivity contribution in [2.75, 3.05) is 13.1 Å². The fourth-order valence-electron chi connectivity index (χ4n) is 3.45. The van der Waals surface area contributed by atoms with Gasteiger partial charge >= 0.3 is 0 Å². The minimum Gasteiger partial charge on any atom is -0.368 e. The van der Waals surface area contributed by atoms with Gasteiger partial charge in [-0.15, -0.1) is 0 Å². The third-order valence-electron chi connectivity index (χ3n) is 4.56. The number of nitrogens with zero attached hydrogens (tertiary/aromatic N) is 3. The van der Waals surface area contributed by atoms with Gasteiger partial charge in [-0.2, -0.15) is 0 Å². The number of primary amides is 1. The summed E-state index contributed by atoms with van der Waals surface area (Å²) in [6, 6.07) is 0.241. The molecule has 0 aromatic carbocycles. The number of fused-ring (bicyclic) bond motifs is 1. The summed E-state index contributed by atoms with van der Waals surface area (Å²) in [4.78, 5) is 18.9. The zero-order valence-corrected chi connectivity index (χ0v) is 12.9. The third-order valence-corrected chi connectivity index (χ3v) is 4.56. The molecule has 6 nitrogen and oxygen atoms in total. The Hall–Kier alpha value is -1.40. The summed E-state index contributed by atoms with van der Waals surface area (Å²) in [6.07, 6.45) is 6.03. The van der Waals surface area contributed by atoms with Gasteiger partial charge in [-0.05, 0) is 32.6 Å². The van der Waals surface area contributed by atoms with Gasteiger partial charge in [-0.1, -0.05) is 0 Å². The molecule has 6 heteroatoms. The molecule has 0 spiro atoms. The van der Waals surface area contributed by atoms with Crippen molar-refractivity contribution < 1.29 is 4.79 Å². The summed E-state index contributed by atoms with van der Waals surface area (Å²) in [7, 11) is 0. The van der Waals surface area contributed by atoms with Crippen molar-refractivity contribution in [2.45, 2.75) is 51.4 Å². The number of carbonyl (C=O) groups excluding carboxylic acids is 1. The molecule has 3 rings (SSSR count). The quantitative estimate of drug-likeness (QED) is 0.792. The van der Waals surface area contributed by atoms with Gasteiger partial charge < -0.3 is 10.3 Å². The predicted octanol–water partition coefficient (Wildman–Crippen LogP) is 0.331. The van der Waals surface area contributed by atoms with Crippen LogP contribution in [-0.2, 0) is 17.9 Å². The molecule has 1 aliphatic heterocycles. The van der Waals surface area contributed by atoms with E-state index in [-0.39, 0.29) is 11.9 Å². The standard InChI is InChI=1S/C15H25N5O/c1-11(2)18-15(14(16)21,12-3-4-12)10-19-7-8-20-6-5-17-13(20)9-19/h5-6,11-12,18H,3-4,7-10H2,1-2H3,(H2,16,21). The van der Waals surface area contributed by atoms with Crippen molar-refractivity contribution in [3.63, 3.8) is 0 Å². The molecule has 2 heterocycles. The minimum atomic E-state index is -0.594. The van der Waals surface area contributed by atoms with E-state index >= 15 is 0 Å². The summed E-state index contributed by atoms with van der Waals surface area (Å²) in [5.74, 6) is 1.23. The fourth-order valence-corrected chi connectivity index (χ4v) is 3.45. The second-order valence-corrected chi connectivity index (χ2v) is 6.66. The Labute approximate surface area is 125 Å². The Kier molecular flexibility index (Phi) is 3.75. The largest absolute Gasteiger partial charge is 0.368 e. The van der Waals surface area contributed by atoms with Crippen molar-refractivity contribution in [1.29, 1.82) is 0 Å². The van der Waals surface area contributed by atoms with Gasteiger partial charge in [0.1, 0.15) is 11.4 Å². The first kappa shape index (κ1) is 14.5. The molecule has 1 aromatic heterocycles. The molecule has 1 aliphatic carbocycles. The number of aromatic nitrogens is 2. The van der Waals surface area contributed by atoms with Gasteiger partial charge in [0.25, 0.3) is 0 Å². The zero-order chi connectivity index (χ0) is 15.0. The number of amides is 1. The van der Waals surface area contributed by atoms with Crippen LogP contribution in [0.5, 0.6) is 0 Å². The Bertz CT molecular complexity index is 522. The van der Waals surface area contributed by atoms with Crippen LogP contribution in [-0.4, -0.2) is 45.0 Å². The monoisotopic (exact) mass is 291 g/mol. The number of carbonyl (C=O) groups is 1. The SMILES string of the molecule is CC(C)NC(CN1CCn2ccnc2C1)(C(N)=O)C1CC1. The third kappa shape index (κ3) is 2.82. The first-order valence-corrected chi connectivity index (χ1v) is 7.81. The van der Waals surface area contributed by atoms with Crippen LogP contribution in [0, 0.1) is 5.92 Å². The van der Waals surface area contributed by atoms with Gasteiger partial charge in [0.05, 0.1) is 6.54 Å². The van der Waals surface area contributed by atoms with Crippen LogP contribution in [0.25, 0.3) is 0 Å². The highest BCUT2D eigenvalue weighted by Gasteiger charge is 2.51. The van der Waals surface area contributed by atoms with E-state index < -0.39 is 5.54 Å². The average molecular weight is 291 g/mol. The number of imidazole rings is 1. The van der Waals surface area contributed by atoms with Gasteiger partial charge in [0.2, 0.25) is 5.91 Å². The molecule has 21 heavy (non-hydrogen) atoms.